The fraction of sp³-hybridized carbons (Fsp3) is 0.684. The Balaban J connectivity index is 1.56. The third-order valence-corrected chi connectivity index (χ3v) is 7.11. The average Bonchev–Trinajstić information content (AvgIpc) is 3.40. The maximum Gasteiger partial charge on any atom is 0.374 e. The second-order valence-corrected chi connectivity index (χ2v) is 9.24. The molecule has 1 atom stereocenters. The lowest BCUT2D eigenvalue weighted by Crippen LogP contribution is -2.44. The van der Waals surface area contributed by atoms with Crippen LogP contribution >= 0.6 is 0 Å². The lowest BCUT2D eigenvalue weighted by Gasteiger charge is -2.32. The van der Waals surface area contributed by atoms with Crippen LogP contribution in [0.5, 0.6) is 0 Å². The van der Waals surface area contributed by atoms with Crippen molar-refractivity contribution in [1.29, 1.82) is 0 Å². The summed E-state index contributed by atoms with van der Waals surface area (Å²) < 4.78 is 42.5. The number of likely N-dealkylation sites (N-methyl/N-ethyl adjacent to an activating group) is 1. The molecule has 2 saturated heterocycles. The molecule has 1 aromatic rings. The van der Waals surface area contributed by atoms with Crippen LogP contribution < -0.4 is 0 Å². The predicted molar refractivity (Wildman–Crippen MR) is 103 cm³/mol. The highest BCUT2D eigenvalue weighted by Gasteiger charge is 2.35. The number of hydrogen-bond acceptors (Lipinski definition) is 7. The van der Waals surface area contributed by atoms with Crippen LogP contribution in [0.3, 0.4) is 0 Å². The third kappa shape index (κ3) is 4.99. The van der Waals surface area contributed by atoms with Gasteiger partial charge in [0, 0.05) is 39.2 Å². The normalized spacial score (nSPS) is 21.2. The maximum atomic E-state index is 12.8. The molecule has 0 radical (unpaired) electrons. The Bertz CT molecular complexity index is 821. The molecule has 9 nitrogen and oxygen atoms in total. The summed E-state index contributed by atoms with van der Waals surface area (Å²) in [6.45, 7) is 3.59. The van der Waals surface area contributed by atoms with Gasteiger partial charge in [0.05, 0.1) is 12.7 Å². The van der Waals surface area contributed by atoms with Crippen LogP contribution in [0.25, 0.3) is 0 Å². The minimum absolute atomic E-state index is 0.0279. The molecule has 0 saturated carbocycles. The first-order chi connectivity index (χ1) is 13.8. The molecule has 29 heavy (non-hydrogen) atoms. The van der Waals surface area contributed by atoms with Gasteiger partial charge in [-0.25, -0.2) is 13.2 Å². The van der Waals surface area contributed by atoms with Crippen LogP contribution in [0.4, 0.5) is 0 Å². The van der Waals surface area contributed by atoms with Gasteiger partial charge in [0.15, 0.2) is 0 Å². The van der Waals surface area contributed by atoms with Crippen molar-refractivity contribution in [2.24, 2.45) is 5.92 Å². The van der Waals surface area contributed by atoms with Crippen molar-refractivity contribution < 1.29 is 31.9 Å². The zero-order valence-electron chi connectivity index (χ0n) is 16.8. The summed E-state index contributed by atoms with van der Waals surface area (Å²) in [5.74, 6) is -1.03. The predicted octanol–water partition coefficient (Wildman–Crippen LogP) is 1.49. The zero-order chi connectivity index (χ0) is 21.0. The number of carbonyl (C=O) groups is 2. The molecule has 2 aliphatic rings. The molecule has 0 N–H and O–H groups in total. The van der Waals surface area contributed by atoms with Crippen molar-refractivity contribution >= 4 is 21.9 Å². The molecule has 0 aromatic carbocycles. The van der Waals surface area contributed by atoms with Gasteiger partial charge in [-0.1, -0.05) is 0 Å². The van der Waals surface area contributed by atoms with E-state index in [4.69, 9.17) is 13.9 Å². The molecule has 1 unspecified atom stereocenters. The van der Waals surface area contributed by atoms with Crippen molar-refractivity contribution in [2.45, 2.75) is 43.8 Å². The fourth-order valence-corrected chi connectivity index (χ4v) is 5.12. The minimum atomic E-state index is -3.86. The summed E-state index contributed by atoms with van der Waals surface area (Å²) >= 11 is 0. The SMILES string of the molecule is CCOC(=O)c1ccc(S(=O)(=O)N2CCC(C(=O)N(C)CC3CCCO3)CC2)o1. The highest BCUT2D eigenvalue weighted by Crippen LogP contribution is 2.26. The van der Waals surface area contributed by atoms with Crippen molar-refractivity contribution in [3.05, 3.63) is 17.9 Å². The zero-order valence-corrected chi connectivity index (χ0v) is 17.7. The quantitative estimate of drug-likeness (QED) is 0.606. The molecule has 0 aliphatic carbocycles. The molecule has 10 heteroatoms. The summed E-state index contributed by atoms with van der Waals surface area (Å²) in [6.07, 6.45) is 2.97. The van der Waals surface area contributed by atoms with E-state index < -0.39 is 16.0 Å². The number of hydrogen-bond donors (Lipinski definition) is 0. The second-order valence-electron chi connectivity index (χ2n) is 7.37. The Morgan fingerprint density at radius 3 is 2.59 bits per heavy atom. The van der Waals surface area contributed by atoms with Crippen molar-refractivity contribution in [2.75, 3.05) is 39.9 Å². The fourth-order valence-electron chi connectivity index (χ4n) is 3.74. The highest BCUT2D eigenvalue weighted by molar-refractivity contribution is 7.89. The molecule has 162 valence electrons. The van der Waals surface area contributed by atoms with Crippen LogP contribution in [0.2, 0.25) is 0 Å². The first kappa shape index (κ1) is 21.8. The molecule has 1 aromatic heterocycles. The van der Waals surface area contributed by atoms with Crippen LogP contribution in [0, 0.1) is 5.92 Å². The Morgan fingerprint density at radius 1 is 1.24 bits per heavy atom. The molecule has 0 spiro atoms. The van der Waals surface area contributed by atoms with Crippen molar-refractivity contribution in [3.63, 3.8) is 0 Å². The summed E-state index contributed by atoms with van der Waals surface area (Å²) in [4.78, 5) is 26.1. The first-order valence-electron chi connectivity index (χ1n) is 9.96. The van der Waals surface area contributed by atoms with E-state index in [2.05, 4.69) is 0 Å². The van der Waals surface area contributed by atoms with Gasteiger partial charge in [0.1, 0.15) is 0 Å². The number of sulfonamides is 1. The van der Waals surface area contributed by atoms with Crippen LogP contribution in [0.1, 0.15) is 43.2 Å². The number of rotatable bonds is 7. The Morgan fingerprint density at radius 2 is 1.97 bits per heavy atom. The van der Waals surface area contributed by atoms with Crippen LogP contribution in [0.15, 0.2) is 21.6 Å². The minimum Gasteiger partial charge on any atom is -0.460 e. The van der Waals surface area contributed by atoms with Gasteiger partial charge < -0.3 is 18.8 Å². The van der Waals surface area contributed by atoms with Gasteiger partial charge in [0.25, 0.3) is 10.0 Å². The number of piperidine rings is 1. The summed E-state index contributed by atoms with van der Waals surface area (Å²) in [7, 11) is -2.09. The van der Waals surface area contributed by atoms with E-state index in [1.807, 2.05) is 0 Å². The van der Waals surface area contributed by atoms with E-state index in [0.29, 0.717) is 19.4 Å². The number of carbonyl (C=O) groups excluding carboxylic acids is 2. The monoisotopic (exact) mass is 428 g/mol. The Kier molecular flexibility index (Phi) is 6.97. The average molecular weight is 429 g/mol. The van der Waals surface area contributed by atoms with Crippen molar-refractivity contribution in [1.82, 2.24) is 9.21 Å². The summed E-state index contributed by atoms with van der Waals surface area (Å²) in [6, 6.07) is 2.55. The van der Waals surface area contributed by atoms with Crippen molar-refractivity contribution in [3.8, 4) is 0 Å². The number of esters is 1. The van der Waals surface area contributed by atoms with Gasteiger partial charge >= 0.3 is 5.97 Å². The lowest BCUT2D eigenvalue weighted by molar-refractivity contribution is -0.136. The molecule has 0 bridgehead atoms. The van der Waals surface area contributed by atoms with Gasteiger partial charge in [-0.3, -0.25) is 4.79 Å². The smallest absolute Gasteiger partial charge is 0.374 e. The van der Waals surface area contributed by atoms with Gasteiger partial charge in [0.2, 0.25) is 16.8 Å². The largest absolute Gasteiger partial charge is 0.460 e. The number of furan rings is 1. The molecular formula is C19H28N2O7S. The molecule has 3 heterocycles. The molecule has 2 aliphatic heterocycles. The van der Waals surface area contributed by atoms with Crippen LogP contribution in [-0.4, -0.2) is 75.5 Å². The first-order valence-corrected chi connectivity index (χ1v) is 11.4. The third-order valence-electron chi connectivity index (χ3n) is 5.33. The summed E-state index contributed by atoms with van der Waals surface area (Å²) in [5, 5.41) is -0.291. The van der Waals surface area contributed by atoms with Crippen LogP contribution in [-0.2, 0) is 24.3 Å². The second kappa shape index (κ2) is 9.27. The van der Waals surface area contributed by atoms with Gasteiger partial charge in [-0.05, 0) is 44.7 Å². The maximum absolute atomic E-state index is 12.8. The Labute approximate surface area is 171 Å². The topological polar surface area (TPSA) is 106 Å². The number of amides is 1. The standard InChI is InChI=1S/C19H28N2O7S/c1-3-26-19(23)16-6-7-17(28-16)29(24,25)21-10-8-14(9-11-21)18(22)20(2)13-15-5-4-12-27-15/h6-7,14-15H,3-5,8-13H2,1-2H3. The van der Waals surface area contributed by atoms with E-state index >= 15 is 0 Å². The van der Waals surface area contributed by atoms with E-state index in [-0.39, 0.29) is 48.5 Å². The molecule has 3 rings (SSSR count). The van der Waals surface area contributed by atoms with E-state index in [1.165, 1.54) is 16.4 Å². The van der Waals surface area contributed by atoms with Gasteiger partial charge in [-0.15, -0.1) is 0 Å². The van der Waals surface area contributed by atoms with Gasteiger partial charge in [-0.2, -0.15) is 4.31 Å². The van der Waals surface area contributed by atoms with E-state index in [9.17, 15) is 18.0 Å². The van der Waals surface area contributed by atoms with E-state index in [1.54, 1.807) is 18.9 Å². The molecule has 1 amide bonds. The molecule has 2 fully saturated rings. The van der Waals surface area contributed by atoms with E-state index in [0.717, 1.165) is 19.4 Å². The lowest BCUT2D eigenvalue weighted by atomic mass is 9.96. The highest BCUT2D eigenvalue weighted by atomic mass is 32.2. The number of nitrogens with zero attached hydrogens (tertiary/aromatic N) is 2. The molecular weight excluding hydrogens is 400 g/mol. The number of ether oxygens (including phenoxy) is 2. The Hall–Kier alpha value is -1.91. The summed E-state index contributed by atoms with van der Waals surface area (Å²) in [5.41, 5.74) is 0.